The zero-order valence-electron chi connectivity index (χ0n) is 23.9. The largest absolute Gasteiger partial charge is 0.508 e. The van der Waals surface area contributed by atoms with Crippen LogP contribution in [0.2, 0.25) is 0 Å². The van der Waals surface area contributed by atoms with Crippen molar-refractivity contribution in [3.63, 3.8) is 0 Å². The molecule has 7 aliphatic rings. The van der Waals surface area contributed by atoms with E-state index in [4.69, 9.17) is 5.73 Å². The summed E-state index contributed by atoms with van der Waals surface area (Å²) in [5, 5.41) is 58.3. The van der Waals surface area contributed by atoms with Gasteiger partial charge >= 0.3 is 0 Å². The predicted octanol–water partition coefficient (Wildman–Crippen LogP) is 2.04. The summed E-state index contributed by atoms with van der Waals surface area (Å²) >= 11 is 0. The van der Waals surface area contributed by atoms with Gasteiger partial charge in [-0.05, 0) is 92.8 Å². The maximum absolute atomic E-state index is 14.2. The molecule has 1 aromatic rings. The number of rotatable bonds is 3. The second-order valence-electron chi connectivity index (χ2n) is 14.0. The second-order valence-corrected chi connectivity index (χ2v) is 14.0. The van der Waals surface area contributed by atoms with Gasteiger partial charge < -0.3 is 31.3 Å². The summed E-state index contributed by atoms with van der Waals surface area (Å²) < 4.78 is 0. The summed E-state index contributed by atoms with van der Waals surface area (Å²) in [5.74, 6) is -5.97. The molecular weight excluding hydrogens is 540 g/mol. The van der Waals surface area contributed by atoms with E-state index in [1.165, 1.54) is 25.4 Å². The fourth-order valence-electron chi connectivity index (χ4n) is 10.3. The van der Waals surface area contributed by atoms with Gasteiger partial charge in [-0.2, -0.15) is 0 Å². The van der Waals surface area contributed by atoms with Crippen molar-refractivity contribution in [2.24, 2.45) is 41.2 Å². The van der Waals surface area contributed by atoms with Crippen molar-refractivity contribution in [2.75, 3.05) is 14.1 Å². The van der Waals surface area contributed by atoms with Crippen LogP contribution < -0.4 is 5.73 Å². The Bertz CT molecular complexity index is 1480. The molecule has 8 rings (SSSR count). The molecule has 42 heavy (non-hydrogen) atoms. The van der Waals surface area contributed by atoms with Crippen LogP contribution in [0.3, 0.4) is 0 Å². The molecule has 0 aromatic heterocycles. The summed E-state index contributed by atoms with van der Waals surface area (Å²) in [6, 6.07) is 2.41. The average molecular weight is 579 g/mol. The Hall–Kier alpha value is -3.21. The van der Waals surface area contributed by atoms with E-state index in [1.807, 2.05) is 12.1 Å². The van der Waals surface area contributed by atoms with Crippen LogP contribution in [0.5, 0.6) is 5.75 Å². The minimum Gasteiger partial charge on any atom is -0.508 e. The molecule has 10 heteroatoms. The smallest absolute Gasteiger partial charge is 0.255 e. The lowest BCUT2D eigenvalue weighted by Gasteiger charge is -2.55. The number of Topliss-reactive ketones (excluding diaryl/α,β-unsaturated/α-hetero) is 2. The van der Waals surface area contributed by atoms with Crippen molar-refractivity contribution in [3.05, 3.63) is 45.7 Å². The lowest BCUT2D eigenvalue weighted by atomic mass is 9.50. The number of phenols is 1. The van der Waals surface area contributed by atoms with E-state index in [0.29, 0.717) is 17.4 Å². The monoisotopic (exact) mass is 578 g/mol. The van der Waals surface area contributed by atoms with Crippen molar-refractivity contribution in [1.82, 2.24) is 4.90 Å². The molecule has 5 fully saturated rings. The number of fused-ring (bicyclic) bond motifs is 3. The van der Waals surface area contributed by atoms with Crippen molar-refractivity contribution >= 4 is 23.2 Å². The summed E-state index contributed by atoms with van der Waals surface area (Å²) in [7, 11) is 2.99. The van der Waals surface area contributed by atoms with Gasteiger partial charge in [0.15, 0.2) is 11.4 Å². The fourth-order valence-corrected chi connectivity index (χ4v) is 10.3. The quantitative estimate of drug-likeness (QED) is 0.292. The van der Waals surface area contributed by atoms with Gasteiger partial charge in [-0.1, -0.05) is 19.1 Å². The molecule has 4 bridgehead atoms. The van der Waals surface area contributed by atoms with Gasteiger partial charge in [-0.3, -0.25) is 19.3 Å². The zero-order valence-corrected chi connectivity index (χ0v) is 23.9. The molecule has 224 valence electrons. The number of aliphatic hydroxyl groups excluding tert-OH is 3. The van der Waals surface area contributed by atoms with Crippen molar-refractivity contribution in [2.45, 2.75) is 68.6 Å². The first-order valence-corrected chi connectivity index (χ1v) is 15.0. The lowest BCUT2D eigenvalue weighted by Crippen LogP contribution is -2.70. The Morgan fingerprint density at radius 3 is 2.07 bits per heavy atom. The average Bonchev–Trinajstić information content (AvgIpc) is 2.90. The number of benzene rings is 1. The molecule has 7 aliphatic carbocycles. The van der Waals surface area contributed by atoms with Gasteiger partial charge in [0, 0.05) is 11.5 Å². The molecule has 1 amide bonds. The predicted molar refractivity (Wildman–Crippen MR) is 150 cm³/mol. The highest BCUT2D eigenvalue weighted by molar-refractivity contribution is 6.24. The van der Waals surface area contributed by atoms with Crippen molar-refractivity contribution in [3.8, 4) is 5.75 Å². The number of aromatic hydroxyl groups is 1. The molecule has 0 unspecified atom stereocenters. The molecular formula is C32H38N2O8. The number of aliphatic hydroxyl groups is 4. The lowest BCUT2D eigenvalue weighted by molar-refractivity contribution is -0.169. The highest BCUT2D eigenvalue weighted by atomic mass is 16.4. The highest BCUT2D eigenvalue weighted by Gasteiger charge is 2.68. The Morgan fingerprint density at radius 1 is 0.952 bits per heavy atom. The molecule has 1 aromatic carbocycles. The van der Waals surface area contributed by atoms with Crippen LogP contribution in [0.25, 0.3) is 5.76 Å². The Labute approximate surface area is 243 Å². The van der Waals surface area contributed by atoms with Gasteiger partial charge in [0.05, 0.1) is 23.6 Å². The maximum Gasteiger partial charge on any atom is 0.255 e. The standard InChI is InChI=1S/C32H38N2O8/c1-11-16-4-5-17(19-14-7-12-6-13(9-14)10-15(19)8-12)25(35)20(16)26(36)21-18(11)27(37)23-24(34(2)3)28(38)22(31(33)41)30(40)32(23,42)29(21)39/h4-5,11-15,18-19,23-24,27,35-37,40,42H,6-10H2,1-3H3,(H2,33,41)/t11-,12?,13?,14?,15?,18+,19?,23+,24-,27-,32-/m0/s1. The van der Waals surface area contributed by atoms with Gasteiger partial charge in [-0.15, -0.1) is 0 Å². The van der Waals surface area contributed by atoms with Crippen molar-refractivity contribution in [1.29, 1.82) is 0 Å². The van der Waals surface area contributed by atoms with E-state index in [2.05, 4.69) is 0 Å². The minimum atomic E-state index is -2.90. The van der Waals surface area contributed by atoms with Crippen molar-refractivity contribution < 1.29 is 39.9 Å². The topological polar surface area (TPSA) is 182 Å². The Balaban J connectivity index is 1.40. The highest BCUT2D eigenvalue weighted by Crippen LogP contribution is 2.62. The number of ketones is 2. The third kappa shape index (κ3) is 3.28. The van der Waals surface area contributed by atoms with Gasteiger partial charge in [0.25, 0.3) is 5.91 Å². The molecule has 10 nitrogen and oxygen atoms in total. The molecule has 0 saturated heterocycles. The molecule has 0 spiro atoms. The maximum atomic E-state index is 14.2. The molecule has 5 saturated carbocycles. The number of carbonyl (C=O) groups is 3. The number of hydrogen-bond acceptors (Lipinski definition) is 9. The first-order valence-electron chi connectivity index (χ1n) is 15.0. The molecule has 7 N–H and O–H groups in total. The first-order chi connectivity index (χ1) is 19.8. The number of carbonyl (C=O) groups excluding carboxylic acids is 3. The molecule has 0 radical (unpaired) electrons. The third-order valence-electron chi connectivity index (χ3n) is 11.7. The van der Waals surface area contributed by atoms with Gasteiger partial charge in [-0.25, -0.2) is 0 Å². The number of nitrogens with zero attached hydrogens (tertiary/aromatic N) is 1. The van der Waals surface area contributed by atoms with E-state index in [0.717, 1.165) is 43.1 Å². The van der Waals surface area contributed by atoms with E-state index in [9.17, 15) is 39.9 Å². The second kappa shape index (κ2) is 8.90. The number of hydrogen-bond donors (Lipinski definition) is 6. The summed E-state index contributed by atoms with van der Waals surface area (Å²) in [5.41, 5.74) is 2.62. The Kier molecular flexibility index (Phi) is 5.85. The number of likely N-dealkylation sites (N-methyl/N-ethyl adjacent to an activating group) is 1. The number of amides is 1. The van der Waals surface area contributed by atoms with Crippen LogP contribution in [0.15, 0.2) is 29.0 Å². The van der Waals surface area contributed by atoms with Crippen LogP contribution >= 0.6 is 0 Å². The first kappa shape index (κ1) is 27.6. The minimum absolute atomic E-state index is 0.0947. The number of nitrogens with two attached hydrogens (primary N) is 1. The van der Waals surface area contributed by atoms with E-state index in [1.54, 1.807) is 6.92 Å². The van der Waals surface area contributed by atoms with Crippen LogP contribution in [0.1, 0.15) is 67.6 Å². The third-order valence-corrected chi connectivity index (χ3v) is 11.7. The Morgan fingerprint density at radius 2 is 1.52 bits per heavy atom. The SMILES string of the molecule is C[C@H]1c2ccc(C3C4CC5CC(C4)CC3C5)c(O)c2C(O)=C2C(=O)[C@]3(O)C(O)=C(C(N)=O)C(=O)[C@@H](N(C)C)[C@@H]3[C@@H](O)[C@@H]21. The van der Waals surface area contributed by atoms with E-state index < -0.39 is 70.1 Å². The van der Waals surface area contributed by atoms with Crippen LogP contribution in [0.4, 0.5) is 0 Å². The van der Waals surface area contributed by atoms with Crippen LogP contribution in [-0.2, 0) is 14.4 Å². The van der Waals surface area contributed by atoms with Crippen LogP contribution in [-0.4, -0.2) is 79.7 Å². The normalized spacial score (nSPS) is 42.1. The van der Waals surface area contributed by atoms with Crippen LogP contribution in [0, 0.1) is 35.5 Å². The molecule has 0 heterocycles. The summed E-state index contributed by atoms with van der Waals surface area (Å²) in [6.07, 6.45) is 4.19. The zero-order chi connectivity index (χ0) is 30.2. The van der Waals surface area contributed by atoms with Gasteiger partial charge in [0.2, 0.25) is 5.78 Å². The fraction of sp³-hybridized carbons (Fsp3) is 0.594. The molecule has 6 atom stereocenters. The summed E-state index contributed by atoms with van der Waals surface area (Å²) in [4.78, 5) is 41.2. The van der Waals surface area contributed by atoms with Gasteiger partial charge in [0.1, 0.15) is 22.8 Å². The van der Waals surface area contributed by atoms with E-state index >= 15 is 0 Å². The molecule has 0 aliphatic heterocycles. The number of phenolic OH excluding ortho intramolecular Hbond substituents is 1. The number of primary amides is 1. The van der Waals surface area contributed by atoms with E-state index in [-0.39, 0.29) is 22.8 Å². The summed E-state index contributed by atoms with van der Waals surface area (Å²) in [6.45, 7) is 1.76.